The van der Waals surface area contributed by atoms with Gasteiger partial charge in [-0.15, -0.1) is 6.58 Å². The van der Waals surface area contributed by atoms with Gasteiger partial charge in [0.15, 0.2) is 22.6 Å². The molecule has 0 aliphatic carbocycles. The molecule has 1 aliphatic heterocycles. The average Bonchev–Trinajstić information content (AvgIpc) is 2.51. The van der Waals surface area contributed by atoms with E-state index in [0.29, 0.717) is 49.6 Å². The summed E-state index contributed by atoms with van der Waals surface area (Å²) in [4.78, 5) is 14.2. The maximum absolute atomic E-state index is 12.2. The van der Waals surface area contributed by atoms with Gasteiger partial charge in [0, 0.05) is 24.7 Å². The van der Waals surface area contributed by atoms with Crippen molar-refractivity contribution in [2.24, 2.45) is 0 Å². The second-order valence-electron chi connectivity index (χ2n) is 4.99. The van der Waals surface area contributed by atoms with Crippen LogP contribution in [0.3, 0.4) is 0 Å². The summed E-state index contributed by atoms with van der Waals surface area (Å²) in [7, 11) is 0. The second-order valence-corrected chi connectivity index (χ2v) is 4.99. The summed E-state index contributed by atoms with van der Waals surface area (Å²) >= 11 is 0. The fourth-order valence-corrected chi connectivity index (χ4v) is 2.49. The SMILES string of the molecule is C=CCc1ccc2c(=O)cc(N3CCOCC3)oc2c1O. The molecule has 1 fully saturated rings. The number of anilines is 1. The Hall–Kier alpha value is -2.27. The molecule has 2 heterocycles. The summed E-state index contributed by atoms with van der Waals surface area (Å²) in [6.45, 7) is 6.20. The Bertz CT molecular complexity index is 729. The van der Waals surface area contributed by atoms with Gasteiger partial charge in [0.05, 0.1) is 18.6 Å². The highest BCUT2D eigenvalue weighted by atomic mass is 16.5. The van der Waals surface area contributed by atoms with Crippen LogP contribution in [0.25, 0.3) is 11.0 Å². The van der Waals surface area contributed by atoms with Crippen LogP contribution in [0.1, 0.15) is 5.56 Å². The molecular weight excluding hydrogens is 270 g/mol. The molecule has 1 N–H and O–H groups in total. The molecule has 0 amide bonds. The first-order valence-electron chi connectivity index (χ1n) is 6.93. The van der Waals surface area contributed by atoms with Crippen LogP contribution in [0.4, 0.5) is 5.88 Å². The molecule has 1 aromatic heterocycles. The van der Waals surface area contributed by atoms with Gasteiger partial charge < -0.3 is 19.2 Å². The van der Waals surface area contributed by atoms with Crippen LogP contribution in [-0.4, -0.2) is 31.4 Å². The number of nitrogens with zero attached hydrogens (tertiary/aromatic N) is 1. The van der Waals surface area contributed by atoms with Gasteiger partial charge in [-0.05, 0) is 12.5 Å². The zero-order valence-electron chi connectivity index (χ0n) is 11.7. The van der Waals surface area contributed by atoms with Gasteiger partial charge in [-0.2, -0.15) is 0 Å². The van der Waals surface area contributed by atoms with E-state index in [1.807, 2.05) is 4.90 Å². The highest BCUT2D eigenvalue weighted by molar-refractivity contribution is 5.84. The Labute approximate surface area is 122 Å². The third-order valence-corrected chi connectivity index (χ3v) is 3.63. The molecule has 5 nitrogen and oxygen atoms in total. The van der Waals surface area contributed by atoms with Crippen molar-refractivity contribution in [3.63, 3.8) is 0 Å². The van der Waals surface area contributed by atoms with E-state index in [0.717, 1.165) is 0 Å². The molecule has 110 valence electrons. The number of aromatic hydroxyl groups is 1. The van der Waals surface area contributed by atoms with Gasteiger partial charge in [0.25, 0.3) is 0 Å². The summed E-state index contributed by atoms with van der Waals surface area (Å²) in [5.41, 5.74) is 0.779. The highest BCUT2D eigenvalue weighted by Crippen LogP contribution is 2.30. The summed E-state index contributed by atoms with van der Waals surface area (Å²) in [6.07, 6.45) is 2.22. The fraction of sp³-hybridized carbons (Fsp3) is 0.312. The molecule has 1 aromatic carbocycles. The first kappa shape index (κ1) is 13.7. The van der Waals surface area contributed by atoms with Crippen LogP contribution < -0.4 is 10.3 Å². The lowest BCUT2D eigenvalue weighted by molar-refractivity contribution is 0.121. The molecule has 0 bridgehead atoms. The van der Waals surface area contributed by atoms with Crippen molar-refractivity contribution in [1.29, 1.82) is 0 Å². The summed E-state index contributed by atoms with van der Waals surface area (Å²) in [5, 5.41) is 10.7. The van der Waals surface area contributed by atoms with Crippen molar-refractivity contribution in [3.05, 3.63) is 46.6 Å². The van der Waals surface area contributed by atoms with E-state index in [-0.39, 0.29) is 16.8 Å². The largest absolute Gasteiger partial charge is 0.504 e. The van der Waals surface area contributed by atoms with Gasteiger partial charge in [0.2, 0.25) is 0 Å². The van der Waals surface area contributed by atoms with Crippen molar-refractivity contribution >= 4 is 16.9 Å². The number of rotatable bonds is 3. The number of ether oxygens (including phenoxy) is 1. The van der Waals surface area contributed by atoms with E-state index in [9.17, 15) is 9.90 Å². The number of benzene rings is 1. The van der Waals surface area contributed by atoms with Crippen LogP contribution in [0, 0.1) is 0 Å². The summed E-state index contributed by atoms with van der Waals surface area (Å²) in [6, 6.07) is 4.88. The van der Waals surface area contributed by atoms with Crippen LogP contribution in [-0.2, 0) is 11.2 Å². The van der Waals surface area contributed by atoms with Crippen molar-refractivity contribution in [2.75, 3.05) is 31.2 Å². The number of morpholine rings is 1. The molecule has 0 atom stereocenters. The van der Waals surface area contributed by atoms with E-state index >= 15 is 0 Å². The molecule has 0 unspecified atom stereocenters. The monoisotopic (exact) mass is 287 g/mol. The smallest absolute Gasteiger partial charge is 0.200 e. The normalized spacial score (nSPS) is 15.3. The zero-order chi connectivity index (χ0) is 14.8. The molecule has 1 saturated heterocycles. The molecule has 5 heteroatoms. The minimum atomic E-state index is -0.154. The van der Waals surface area contributed by atoms with Crippen LogP contribution in [0.2, 0.25) is 0 Å². The Kier molecular flexibility index (Phi) is 3.66. The van der Waals surface area contributed by atoms with Crippen molar-refractivity contribution < 1.29 is 14.3 Å². The lowest BCUT2D eigenvalue weighted by Crippen LogP contribution is -2.36. The predicted molar refractivity (Wildman–Crippen MR) is 81.1 cm³/mol. The molecule has 1 aliphatic rings. The van der Waals surface area contributed by atoms with Gasteiger partial charge in [-0.25, -0.2) is 0 Å². The van der Waals surface area contributed by atoms with Crippen LogP contribution >= 0.6 is 0 Å². The van der Waals surface area contributed by atoms with Gasteiger partial charge in [-0.1, -0.05) is 12.1 Å². The summed E-state index contributed by atoms with van der Waals surface area (Å²) < 4.78 is 11.1. The number of phenols is 1. The Morgan fingerprint density at radius 2 is 2.10 bits per heavy atom. The number of hydrogen-bond acceptors (Lipinski definition) is 5. The third-order valence-electron chi connectivity index (χ3n) is 3.63. The number of fused-ring (bicyclic) bond motifs is 1. The number of phenolic OH excluding ortho intramolecular Hbond substituents is 1. The van der Waals surface area contributed by atoms with Crippen LogP contribution in [0.15, 0.2) is 40.1 Å². The Morgan fingerprint density at radius 1 is 1.33 bits per heavy atom. The predicted octanol–water partition coefficient (Wildman–Crippen LogP) is 2.06. The van der Waals surface area contributed by atoms with Crippen molar-refractivity contribution in [3.8, 4) is 5.75 Å². The molecule has 0 radical (unpaired) electrons. The Morgan fingerprint density at radius 3 is 2.81 bits per heavy atom. The van der Waals surface area contributed by atoms with E-state index < -0.39 is 0 Å². The number of allylic oxidation sites excluding steroid dienone is 1. The lowest BCUT2D eigenvalue weighted by Gasteiger charge is -2.27. The topological polar surface area (TPSA) is 62.9 Å². The van der Waals surface area contributed by atoms with Gasteiger partial charge >= 0.3 is 0 Å². The molecule has 3 rings (SSSR count). The highest BCUT2D eigenvalue weighted by Gasteiger charge is 2.17. The zero-order valence-corrected chi connectivity index (χ0v) is 11.7. The van der Waals surface area contributed by atoms with Crippen molar-refractivity contribution in [2.45, 2.75) is 6.42 Å². The van der Waals surface area contributed by atoms with Crippen LogP contribution in [0.5, 0.6) is 5.75 Å². The molecule has 0 saturated carbocycles. The second kappa shape index (κ2) is 5.61. The Balaban J connectivity index is 2.13. The quantitative estimate of drug-likeness (QED) is 0.876. The first-order chi connectivity index (χ1) is 10.2. The number of hydrogen-bond donors (Lipinski definition) is 1. The standard InChI is InChI=1S/C16H17NO4/c1-2-3-11-4-5-12-13(18)10-14(21-16(12)15(11)19)17-6-8-20-9-7-17/h2,4-5,10,19H,1,3,6-9H2. The first-order valence-corrected chi connectivity index (χ1v) is 6.93. The van der Waals surface area contributed by atoms with Gasteiger partial charge in [0.1, 0.15) is 0 Å². The maximum Gasteiger partial charge on any atom is 0.200 e. The minimum absolute atomic E-state index is 0.0135. The molecular formula is C16H17NO4. The molecule has 21 heavy (non-hydrogen) atoms. The molecule has 0 spiro atoms. The van der Waals surface area contributed by atoms with Crippen molar-refractivity contribution in [1.82, 2.24) is 0 Å². The van der Waals surface area contributed by atoms with E-state index in [4.69, 9.17) is 9.15 Å². The lowest BCUT2D eigenvalue weighted by atomic mass is 10.1. The third kappa shape index (κ3) is 2.52. The average molecular weight is 287 g/mol. The maximum atomic E-state index is 12.2. The van der Waals surface area contributed by atoms with Gasteiger partial charge in [-0.3, -0.25) is 4.79 Å². The fourth-order valence-electron chi connectivity index (χ4n) is 2.49. The van der Waals surface area contributed by atoms with E-state index in [1.165, 1.54) is 6.07 Å². The van der Waals surface area contributed by atoms with E-state index in [2.05, 4.69) is 6.58 Å². The molecule has 2 aromatic rings. The minimum Gasteiger partial charge on any atom is -0.504 e. The van der Waals surface area contributed by atoms with E-state index in [1.54, 1.807) is 18.2 Å². The summed E-state index contributed by atoms with van der Waals surface area (Å²) in [5.74, 6) is 0.487.